The maximum absolute atomic E-state index is 13.5. The molecule has 12 heteroatoms. The fourth-order valence-corrected chi connectivity index (χ4v) is 4.32. The van der Waals surface area contributed by atoms with Crippen molar-refractivity contribution in [3.05, 3.63) is 70.8 Å². The standard InChI is InChI=1S/C26H25F6NO5/c1-4-38-24(35)22(15-6-10-20(36-2)21(12-15)37-3)14-5-8-17(11-14)33-23(34)18-9-7-16(25(27,28)29)13-19(18)26(30,31)32/h5-10,12-14,17,22H,4,11H2,1-3H3,(H,33,34)/t14-,17+,22-/m0/s1. The first-order valence-electron chi connectivity index (χ1n) is 11.5. The zero-order chi connectivity index (χ0) is 28.3. The number of methoxy groups -OCH3 is 2. The number of allylic oxidation sites excluding steroid dienone is 1. The van der Waals surface area contributed by atoms with E-state index in [2.05, 4.69) is 5.32 Å². The molecule has 1 N–H and O–H groups in total. The van der Waals surface area contributed by atoms with Gasteiger partial charge in [0.25, 0.3) is 5.91 Å². The Morgan fingerprint density at radius 3 is 2.21 bits per heavy atom. The minimum absolute atomic E-state index is 0.0872. The Morgan fingerprint density at radius 2 is 1.63 bits per heavy atom. The van der Waals surface area contributed by atoms with E-state index in [-0.39, 0.29) is 19.1 Å². The third-order valence-electron chi connectivity index (χ3n) is 6.07. The molecule has 2 aromatic carbocycles. The van der Waals surface area contributed by atoms with Crippen molar-refractivity contribution >= 4 is 11.9 Å². The molecule has 0 bridgehead atoms. The lowest BCUT2D eigenvalue weighted by molar-refractivity contribution is -0.146. The van der Waals surface area contributed by atoms with Crippen molar-refractivity contribution in [2.45, 2.75) is 37.7 Å². The summed E-state index contributed by atoms with van der Waals surface area (Å²) in [6.45, 7) is 1.74. The SMILES string of the molecule is CCOC(=O)[C@H](c1ccc(OC)c(OC)c1)[C@H]1C=C[C@@H](NC(=O)c2ccc(C(F)(F)F)cc2C(F)(F)F)C1. The number of carbonyl (C=O) groups excluding carboxylic acids is 2. The number of alkyl halides is 6. The molecule has 0 unspecified atom stereocenters. The molecule has 6 nitrogen and oxygen atoms in total. The van der Waals surface area contributed by atoms with E-state index in [0.29, 0.717) is 29.2 Å². The number of hydrogen-bond donors (Lipinski definition) is 1. The van der Waals surface area contributed by atoms with Crippen LogP contribution in [0.5, 0.6) is 11.5 Å². The molecule has 0 radical (unpaired) electrons. The Bertz CT molecular complexity index is 1210. The van der Waals surface area contributed by atoms with E-state index in [4.69, 9.17) is 14.2 Å². The van der Waals surface area contributed by atoms with Gasteiger partial charge in [-0.05, 0) is 55.2 Å². The predicted molar refractivity (Wildman–Crippen MR) is 124 cm³/mol. The van der Waals surface area contributed by atoms with Gasteiger partial charge < -0.3 is 19.5 Å². The molecule has 0 spiro atoms. The van der Waals surface area contributed by atoms with Crippen LogP contribution in [0.25, 0.3) is 0 Å². The summed E-state index contributed by atoms with van der Waals surface area (Å²) in [5.74, 6) is -2.28. The second kappa shape index (κ2) is 11.4. The highest BCUT2D eigenvalue weighted by Gasteiger charge is 2.40. The molecule has 0 heterocycles. The van der Waals surface area contributed by atoms with Crippen LogP contribution in [-0.4, -0.2) is 38.7 Å². The van der Waals surface area contributed by atoms with Crippen molar-refractivity contribution in [1.82, 2.24) is 5.32 Å². The van der Waals surface area contributed by atoms with Gasteiger partial charge in [-0.25, -0.2) is 0 Å². The van der Waals surface area contributed by atoms with Gasteiger partial charge >= 0.3 is 18.3 Å². The van der Waals surface area contributed by atoms with Crippen molar-refractivity contribution < 1.29 is 50.1 Å². The molecule has 0 aliphatic heterocycles. The van der Waals surface area contributed by atoms with Crippen molar-refractivity contribution in [2.75, 3.05) is 20.8 Å². The Morgan fingerprint density at radius 1 is 0.947 bits per heavy atom. The molecular formula is C26H25F6NO5. The van der Waals surface area contributed by atoms with Crippen LogP contribution in [0.1, 0.15) is 46.3 Å². The van der Waals surface area contributed by atoms with Crippen molar-refractivity contribution in [2.24, 2.45) is 5.92 Å². The largest absolute Gasteiger partial charge is 0.493 e. The summed E-state index contributed by atoms with van der Waals surface area (Å²) in [6.07, 6.45) is -6.91. The maximum atomic E-state index is 13.5. The highest BCUT2D eigenvalue weighted by Crippen LogP contribution is 2.40. The first kappa shape index (κ1) is 28.9. The van der Waals surface area contributed by atoms with Gasteiger partial charge in [-0.1, -0.05) is 18.2 Å². The summed E-state index contributed by atoms with van der Waals surface area (Å²) in [6, 6.07) is 4.93. The maximum Gasteiger partial charge on any atom is 0.417 e. The number of amides is 1. The number of benzene rings is 2. The van der Waals surface area contributed by atoms with Gasteiger partial charge in [0.05, 0.1) is 43.4 Å². The van der Waals surface area contributed by atoms with Crippen LogP contribution >= 0.6 is 0 Å². The van der Waals surface area contributed by atoms with Gasteiger partial charge in [0.1, 0.15) is 0 Å². The van der Waals surface area contributed by atoms with Gasteiger partial charge in [0, 0.05) is 6.04 Å². The number of halogens is 6. The minimum Gasteiger partial charge on any atom is -0.493 e. The first-order chi connectivity index (χ1) is 17.8. The van der Waals surface area contributed by atoms with Crippen LogP contribution in [0.3, 0.4) is 0 Å². The lowest BCUT2D eigenvalue weighted by atomic mass is 9.85. The van der Waals surface area contributed by atoms with E-state index in [1.165, 1.54) is 20.3 Å². The Hall–Kier alpha value is -3.70. The smallest absolute Gasteiger partial charge is 0.417 e. The summed E-state index contributed by atoms with van der Waals surface area (Å²) >= 11 is 0. The van der Waals surface area contributed by atoms with E-state index in [0.717, 1.165) is 0 Å². The predicted octanol–water partition coefficient (Wildman–Crippen LogP) is 5.76. The molecule has 3 rings (SSSR count). The fraction of sp³-hybridized carbons (Fsp3) is 0.385. The molecule has 1 amide bonds. The molecule has 206 valence electrons. The number of ether oxygens (including phenoxy) is 3. The van der Waals surface area contributed by atoms with Crippen molar-refractivity contribution in [1.29, 1.82) is 0 Å². The average Bonchev–Trinajstić information content (AvgIpc) is 3.30. The van der Waals surface area contributed by atoms with Crippen LogP contribution in [0.2, 0.25) is 0 Å². The molecular weight excluding hydrogens is 520 g/mol. The summed E-state index contributed by atoms with van der Waals surface area (Å²) in [4.78, 5) is 25.6. The lowest BCUT2D eigenvalue weighted by Crippen LogP contribution is -2.35. The highest BCUT2D eigenvalue weighted by atomic mass is 19.4. The lowest BCUT2D eigenvalue weighted by Gasteiger charge is -2.23. The van der Waals surface area contributed by atoms with E-state index < -0.39 is 58.8 Å². The fourth-order valence-electron chi connectivity index (χ4n) is 4.32. The van der Waals surface area contributed by atoms with Gasteiger partial charge in [0.15, 0.2) is 11.5 Å². The van der Waals surface area contributed by atoms with Crippen LogP contribution in [0.4, 0.5) is 26.3 Å². The molecule has 1 aliphatic rings. The van der Waals surface area contributed by atoms with Crippen molar-refractivity contribution in [3.63, 3.8) is 0 Å². The third kappa shape index (κ3) is 6.40. The number of nitrogens with one attached hydrogen (secondary N) is 1. The van der Waals surface area contributed by atoms with Crippen LogP contribution in [0, 0.1) is 5.92 Å². The molecule has 0 saturated carbocycles. The Labute approximate surface area is 214 Å². The Balaban J connectivity index is 1.84. The van der Waals surface area contributed by atoms with E-state index in [9.17, 15) is 35.9 Å². The summed E-state index contributed by atoms with van der Waals surface area (Å²) in [5, 5.41) is 2.41. The van der Waals surface area contributed by atoms with Gasteiger partial charge in [-0.15, -0.1) is 0 Å². The van der Waals surface area contributed by atoms with E-state index in [1.54, 1.807) is 31.2 Å². The molecule has 2 aromatic rings. The van der Waals surface area contributed by atoms with E-state index in [1.807, 2.05) is 0 Å². The second-order valence-electron chi connectivity index (χ2n) is 8.46. The topological polar surface area (TPSA) is 73.9 Å². The monoisotopic (exact) mass is 545 g/mol. The summed E-state index contributed by atoms with van der Waals surface area (Å²) in [5.41, 5.74) is -3.62. The van der Waals surface area contributed by atoms with E-state index >= 15 is 0 Å². The normalized spacial score (nSPS) is 18.1. The molecule has 0 saturated heterocycles. The van der Waals surface area contributed by atoms with Gasteiger partial charge in [0.2, 0.25) is 0 Å². The number of carbonyl (C=O) groups is 2. The second-order valence-corrected chi connectivity index (χ2v) is 8.46. The minimum atomic E-state index is -5.19. The molecule has 3 atom stereocenters. The van der Waals surface area contributed by atoms with Gasteiger partial charge in [-0.2, -0.15) is 26.3 Å². The number of hydrogen-bond acceptors (Lipinski definition) is 5. The van der Waals surface area contributed by atoms with Crippen LogP contribution < -0.4 is 14.8 Å². The zero-order valence-corrected chi connectivity index (χ0v) is 20.6. The quantitative estimate of drug-likeness (QED) is 0.259. The molecule has 1 aliphatic carbocycles. The third-order valence-corrected chi connectivity index (χ3v) is 6.07. The van der Waals surface area contributed by atoms with Gasteiger partial charge in [-0.3, -0.25) is 9.59 Å². The van der Waals surface area contributed by atoms with Crippen LogP contribution in [-0.2, 0) is 21.9 Å². The number of rotatable bonds is 8. The molecule has 38 heavy (non-hydrogen) atoms. The van der Waals surface area contributed by atoms with Crippen molar-refractivity contribution in [3.8, 4) is 11.5 Å². The average molecular weight is 545 g/mol. The summed E-state index contributed by atoms with van der Waals surface area (Å²) in [7, 11) is 2.88. The molecule has 0 fully saturated rings. The first-order valence-corrected chi connectivity index (χ1v) is 11.5. The zero-order valence-electron chi connectivity index (χ0n) is 20.6. The summed E-state index contributed by atoms with van der Waals surface area (Å²) < 4.78 is 95.1. The Kier molecular flexibility index (Phi) is 8.63. The van der Waals surface area contributed by atoms with Crippen LogP contribution in [0.15, 0.2) is 48.6 Å². The highest BCUT2D eigenvalue weighted by molar-refractivity contribution is 5.96. The molecule has 0 aromatic heterocycles. The number of esters is 1.